The average Bonchev–Trinajstić information content (AvgIpc) is 3.34. The molecule has 5 rings (SSSR count). The zero-order chi connectivity index (χ0) is 19.3. The lowest BCUT2D eigenvalue weighted by atomic mass is 10.0. The van der Waals surface area contributed by atoms with E-state index < -0.39 is 0 Å². The molecule has 0 saturated heterocycles. The molecule has 4 heterocycles. The van der Waals surface area contributed by atoms with Crippen LogP contribution in [0.15, 0.2) is 42.6 Å². The van der Waals surface area contributed by atoms with Crippen LogP contribution in [0.4, 0.5) is 5.00 Å². The molecule has 0 fully saturated rings. The van der Waals surface area contributed by atoms with E-state index in [1.165, 1.54) is 11.5 Å². The van der Waals surface area contributed by atoms with Crippen LogP contribution in [0.2, 0.25) is 0 Å². The summed E-state index contributed by atoms with van der Waals surface area (Å²) < 4.78 is 6.05. The molecule has 0 spiro atoms. The van der Waals surface area contributed by atoms with Gasteiger partial charge in [0.2, 0.25) is 0 Å². The molecule has 7 nitrogen and oxygen atoms in total. The van der Waals surface area contributed by atoms with Crippen LogP contribution in [0.1, 0.15) is 40.4 Å². The van der Waals surface area contributed by atoms with Crippen LogP contribution >= 0.6 is 11.5 Å². The molecule has 0 N–H and O–H groups in total. The van der Waals surface area contributed by atoms with E-state index in [9.17, 15) is 4.79 Å². The van der Waals surface area contributed by atoms with Gasteiger partial charge in [0.15, 0.2) is 5.69 Å². The Bertz CT molecular complexity index is 1200. The Hall–Kier alpha value is -3.13. The Morgan fingerprint density at radius 1 is 1.21 bits per heavy atom. The highest BCUT2D eigenvalue weighted by Gasteiger charge is 2.33. The minimum Gasteiger partial charge on any atom is -0.297 e. The van der Waals surface area contributed by atoms with Gasteiger partial charge < -0.3 is 0 Å². The number of anilines is 1. The van der Waals surface area contributed by atoms with Gasteiger partial charge in [-0.15, -0.1) is 5.10 Å². The summed E-state index contributed by atoms with van der Waals surface area (Å²) in [6.07, 6.45) is 2.47. The maximum absolute atomic E-state index is 13.3. The molecule has 4 aromatic rings. The molecule has 0 aliphatic carbocycles. The summed E-state index contributed by atoms with van der Waals surface area (Å²) in [4.78, 5) is 19.4. The van der Waals surface area contributed by atoms with E-state index in [2.05, 4.69) is 25.7 Å². The Kier molecular flexibility index (Phi) is 3.94. The molecule has 0 radical (unpaired) electrons. The van der Waals surface area contributed by atoms with E-state index in [1.54, 1.807) is 15.8 Å². The summed E-state index contributed by atoms with van der Waals surface area (Å²) in [7, 11) is 0. The number of pyridine rings is 1. The highest BCUT2D eigenvalue weighted by Crippen LogP contribution is 2.30. The van der Waals surface area contributed by atoms with Gasteiger partial charge in [-0.3, -0.25) is 14.7 Å². The largest absolute Gasteiger partial charge is 0.297 e. The number of carbonyl (C=O) groups is 1. The van der Waals surface area contributed by atoms with Crippen molar-refractivity contribution in [2.75, 3.05) is 11.4 Å². The Morgan fingerprint density at radius 3 is 2.93 bits per heavy atom. The van der Waals surface area contributed by atoms with Crippen molar-refractivity contribution >= 4 is 33.3 Å². The summed E-state index contributed by atoms with van der Waals surface area (Å²) in [5, 5.41) is 10.5. The van der Waals surface area contributed by atoms with E-state index in [0.717, 1.165) is 32.9 Å². The van der Waals surface area contributed by atoms with Gasteiger partial charge in [0, 0.05) is 24.5 Å². The zero-order valence-electron chi connectivity index (χ0n) is 15.5. The van der Waals surface area contributed by atoms with Gasteiger partial charge in [-0.1, -0.05) is 17.3 Å². The first-order valence-corrected chi connectivity index (χ1v) is 9.93. The molecule has 1 aromatic carbocycles. The maximum Gasteiger partial charge on any atom is 0.279 e. The number of rotatable bonds is 3. The lowest BCUT2D eigenvalue weighted by Crippen LogP contribution is -2.39. The van der Waals surface area contributed by atoms with Gasteiger partial charge in [-0.2, -0.15) is 4.37 Å². The highest BCUT2D eigenvalue weighted by atomic mass is 32.1. The fourth-order valence-electron chi connectivity index (χ4n) is 3.62. The lowest BCUT2D eigenvalue weighted by molar-refractivity contribution is 0.0969. The number of hydrogen-bond donors (Lipinski definition) is 0. The SMILES string of the molecule is Cc1cc(N2CCc3nnn(C(C)c4ccc5ncccc5c4)c3C2=O)sn1. The number of amides is 1. The van der Waals surface area contributed by atoms with Crippen molar-refractivity contribution < 1.29 is 4.79 Å². The lowest BCUT2D eigenvalue weighted by Gasteiger charge is -2.26. The quantitative estimate of drug-likeness (QED) is 0.536. The predicted molar refractivity (Wildman–Crippen MR) is 108 cm³/mol. The Labute approximate surface area is 165 Å². The first-order valence-electron chi connectivity index (χ1n) is 9.16. The maximum atomic E-state index is 13.3. The van der Waals surface area contributed by atoms with Gasteiger partial charge in [-0.25, -0.2) is 4.68 Å². The Balaban J connectivity index is 1.53. The number of aryl methyl sites for hydroxylation is 1. The van der Waals surface area contributed by atoms with Crippen molar-refractivity contribution in [1.82, 2.24) is 24.4 Å². The second kappa shape index (κ2) is 6.49. The highest BCUT2D eigenvalue weighted by molar-refractivity contribution is 7.10. The van der Waals surface area contributed by atoms with Crippen LogP contribution in [-0.4, -0.2) is 36.8 Å². The van der Waals surface area contributed by atoms with Crippen molar-refractivity contribution in [2.24, 2.45) is 0 Å². The molecular weight excluding hydrogens is 372 g/mol. The van der Waals surface area contributed by atoms with E-state index >= 15 is 0 Å². The molecule has 1 unspecified atom stereocenters. The topological polar surface area (TPSA) is 76.8 Å². The third-order valence-electron chi connectivity index (χ3n) is 5.14. The predicted octanol–water partition coefficient (Wildman–Crippen LogP) is 3.40. The van der Waals surface area contributed by atoms with Crippen molar-refractivity contribution in [1.29, 1.82) is 0 Å². The normalized spacial score (nSPS) is 15.1. The van der Waals surface area contributed by atoms with Crippen molar-refractivity contribution in [3.8, 4) is 0 Å². The minimum atomic E-state index is -0.118. The van der Waals surface area contributed by atoms with Crippen LogP contribution in [-0.2, 0) is 6.42 Å². The first-order chi connectivity index (χ1) is 13.6. The van der Waals surface area contributed by atoms with E-state index in [4.69, 9.17) is 0 Å². The van der Waals surface area contributed by atoms with Gasteiger partial charge in [0.25, 0.3) is 5.91 Å². The second-order valence-corrected chi connectivity index (χ2v) is 7.76. The van der Waals surface area contributed by atoms with Crippen molar-refractivity contribution in [3.63, 3.8) is 0 Å². The van der Waals surface area contributed by atoms with E-state index in [-0.39, 0.29) is 11.9 Å². The van der Waals surface area contributed by atoms with Crippen LogP contribution in [0.5, 0.6) is 0 Å². The summed E-state index contributed by atoms with van der Waals surface area (Å²) in [6.45, 7) is 4.57. The number of benzene rings is 1. The number of hydrogen-bond acceptors (Lipinski definition) is 6. The second-order valence-electron chi connectivity index (χ2n) is 6.97. The molecular formula is C20H18N6OS. The molecule has 1 atom stereocenters. The smallest absolute Gasteiger partial charge is 0.279 e. The third-order valence-corrected chi connectivity index (χ3v) is 6.05. The molecule has 1 aliphatic heterocycles. The monoisotopic (exact) mass is 390 g/mol. The minimum absolute atomic E-state index is 0.0656. The molecule has 28 heavy (non-hydrogen) atoms. The summed E-state index contributed by atoms with van der Waals surface area (Å²) in [6, 6.07) is 11.9. The number of carbonyl (C=O) groups excluding carboxylic acids is 1. The average molecular weight is 390 g/mol. The molecule has 1 amide bonds. The van der Waals surface area contributed by atoms with Crippen molar-refractivity contribution in [2.45, 2.75) is 26.3 Å². The fourth-order valence-corrected chi connectivity index (χ4v) is 4.40. The summed E-state index contributed by atoms with van der Waals surface area (Å²) in [5.41, 5.74) is 4.25. The van der Waals surface area contributed by atoms with Crippen molar-refractivity contribution in [3.05, 3.63) is 65.2 Å². The van der Waals surface area contributed by atoms with Gasteiger partial charge in [-0.05, 0) is 55.2 Å². The van der Waals surface area contributed by atoms with Gasteiger partial charge in [0.05, 0.1) is 22.9 Å². The van der Waals surface area contributed by atoms with Gasteiger partial charge in [0.1, 0.15) is 5.00 Å². The molecule has 0 saturated carbocycles. The summed E-state index contributed by atoms with van der Waals surface area (Å²) in [5.74, 6) is -0.0656. The van der Waals surface area contributed by atoms with Gasteiger partial charge >= 0.3 is 0 Å². The molecule has 1 aliphatic rings. The van der Waals surface area contributed by atoms with Crippen LogP contribution < -0.4 is 4.90 Å². The Morgan fingerprint density at radius 2 is 2.11 bits per heavy atom. The van der Waals surface area contributed by atoms with E-state index in [0.29, 0.717) is 18.7 Å². The number of fused-ring (bicyclic) bond motifs is 2. The fraction of sp³-hybridized carbons (Fsp3) is 0.250. The molecule has 3 aromatic heterocycles. The molecule has 8 heteroatoms. The zero-order valence-corrected chi connectivity index (χ0v) is 16.3. The van der Waals surface area contributed by atoms with E-state index in [1.807, 2.05) is 44.2 Å². The standard InChI is InChI=1S/C20H18N6OS/c1-12-10-18(28-23-12)25-9-7-17-19(20(25)27)26(24-22-17)13(2)14-5-6-16-15(11-14)4-3-8-21-16/h3-6,8,10-11,13H,7,9H2,1-2H3. The molecule has 0 bridgehead atoms. The first kappa shape index (κ1) is 17.0. The summed E-state index contributed by atoms with van der Waals surface area (Å²) >= 11 is 1.35. The third kappa shape index (κ3) is 2.68. The van der Waals surface area contributed by atoms with Crippen LogP contribution in [0.3, 0.4) is 0 Å². The number of nitrogens with zero attached hydrogens (tertiary/aromatic N) is 6. The van der Waals surface area contributed by atoms with Crippen LogP contribution in [0.25, 0.3) is 10.9 Å². The number of aromatic nitrogens is 5. The molecule has 140 valence electrons. The van der Waals surface area contributed by atoms with Crippen LogP contribution in [0, 0.1) is 6.92 Å².